The van der Waals surface area contributed by atoms with Crippen LogP contribution in [-0.2, 0) is 19.4 Å². The largest absolute Gasteiger partial charge is 0.371 e. The summed E-state index contributed by atoms with van der Waals surface area (Å²) < 4.78 is 23.8. The maximum atomic E-state index is 12.8. The van der Waals surface area contributed by atoms with Gasteiger partial charge in [-0.05, 0) is 20.5 Å². The Bertz CT molecular complexity index is 763. The molecule has 28 heavy (non-hydrogen) atoms. The second-order valence-corrected chi connectivity index (χ2v) is 9.78. The second-order valence-electron chi connectivity index (χ2n) is 7.55. The minimum Gasteiger partial charge on any atom is -0.371 e. The van der Waals surface area contributed by atoms with Crippen LogP contribution in [0.25, 0.3) is 0 Å². The van der Waals surface area contributed by atoms with Crippen LogP contribution in [0.4, 0.5) is 0 Å². The van der Waals surface area contributed by atoms with Crippen LogP contribution >= 0.6 is 0 Å². The summed E-state index contributed by atoms with van der Waals surface area (Å²) in [5, 5.41) is 9.55. The minimum absolute atomic E-state index is 0.000621. The fourth-order valence-electron chi connectivity index (χ4n) is 3.40. The first-order valence-corrected chi connectivity index (χ1v) is 11.2. The van der Waals surface area contributed by atoms with Gasteiger partial charge in [-0.1, -0.05) is 0 Å². The third-order valence-corrected chi connectivity index (χ3v) is 6.89. The number of sulfone groups is 1. The summed E-state index contributed by atoms with van der Waals surface area (Å²) >= 11 is 0. The Morgan fingerprint density at radius 1 is 1.14 bits per heavy atom. The molecule has 0 aromatic rings. The van der Waals surface area contributed by atoms with Gasteiger partial charge in [-0.15, -0.1) is 0 Å². The molecule has 2 saturated heterocycles. The summed E-state index contributed by atoms with van der Waals surface area (Å²) in [5.41, 5.74) is -0.000621. The van der Waals surface area contributed by atoms with Crippen molar-refractivity contribution in [1.29, 1.82) is 5.26 Å². The van der Waals surface area contributed by atoms with Gasteiger partial charge in [-0.3, -0.25) is 9.59 Å². The van der Waals surface area contributed by atoms with Crippen molar-refractivity contribution < 1.29 is 18.0 Å². The molecule has 1 atom stereocenters. The lowest BCUT2D eigenvalue weighted by Crippen LogP contribution is -2.50. The summed E-state index contributed by atoms with van der Waals surface area (Å²) in [5.74, 6) is -0.227. The molecule has 10 heteroatoms. The third kappa shape index (κ3) is 5.94. The number of piperazine rings is 1. The first-order valence-electron chi connectivity index (χ1n) is 9.40. The molecule has 2 fully saturated rings. The van der Waals surface area contributed by atoms with Crippen molar-refractivity contribution in [2.45, 2.75) is 19.4 Å². The van der Waals surface area contributed by atoms with Crippen LogP contribution in [0.1, 0.15) is 13.3 Å². The molecule has 0 bridgehead atoms. The van der Waals surface area contributed by atoms with Crippen molar-refractivity contribution in [3.8, 4) is 6.07 Å². The van der Waals surface area contributed by atoms with E-state index in [2.05, 4.69) is 0 Å². The molecule has 0 N–H and O–H groups in total. The fraction of sp³-hybridized carbons (Fsp3) is 0.722. The summed E-state index contributed by atoms with van der Waals surface area (Å²) in [6.45, 7) is 4.37. The molecule has 2 aliphatic rings. The Morgan fingerprint density at radius 3 is 2.21 bits per heavy atom. The number of nitrogens with zero attached hydrogens (tertiary/aromatic N) is 5. The first kappa shape index (κ1) is 22.2. The smallest absolute Gasteiger partial charge is 0.266 e. The number of likely N-dealkylation sites (N-methyl/N-ethyl adjacent to an activating group) is 1. The van der Waals surface area contributed by atoms with Crippen LogP contribution in [0.15, 0.2) is 11.8 Å². The Kier molecular flexibility index (Phi) is 7.43. The molecule has 156 valence electrons. The summed E-state index contributed by atoms with van der Waals surface area (Å²) in [6, 6.07) is 1.75. The van der Waals surface area contributed by atoms with E-state index < -0.39 is 9.84 Å². The standard InChI is InChI=1S/C18H29N5O4S/c1-15(24)21-7-9-22(10-8-21)18(25)16(12-19)13-23(6-5-20(2)3)17-4-11-28(26,27)14-17/h13,17H,4-11,14H2,1-3H3/b16-13-. The predicted molar refractivity (Wildman–Crippen MR) is 105 cm³/mol. The highest BCUT2D eigenvalue weighted by Crippen LogP contribution is 2.19. The van der Waals surface area contributed by atoms with Crippen LogP contribution in [0.2, 0.25) is 0 Å². The van der Waals surface area contributed by atoms with Crippen molar-refractivity contribution in [3.05, 3.63) is 11.8 Å². The molecule has 2 rings (SSSR count). The highest BCUT2D eigenvalue weighted by molar-refractivity contribution is 7.91. The van der Waals surface area contributed by atoms with Crippen LogP contribution in [0.5, 0.6) is 0 Å². The highest BCUT2D eigenvalue weighted by Gasteiger charge is 2.32. The Hall–Kier alpha value is -2.12. The number of nitriles is 1. The van der Waals surface area contributed by atoms with Crippen molar-refractivity contribution in [2.24, 2.45) is 0 Å². The lowest BCUT2D eigenvalue weighted by molar-refractivity contribution is -0.136. The number of hydrogen-bond acceptors (Lipinski definition) is 7. The average molecular weight is 412 g/mol. The second kappa shape index (κ2) is 9.39. The van der Waals surface area contributed by atoms with Gasteiger partial charge in [0.15, 0.2) is 9.84 Å². The summed E-state index contributed by atoms with van der Waals surface area (Å²) in [6.07, 6.45) is 2.02. The number of amides is 2. The molecule has 0 aromatic carbocycles. The maximum absolute atomic E-state index is 12.8. The molecular formula is C18H29N5O4S. The van der Waals surface area contributed by atoms with Crippen molar-refractivity contribution >= 4 is 21.7 Å². The first-order chi connectivity index (χ1) is 13.1. The molecule has 0 spiro atoms. The Balaban J connectivity index is 2.13. The Morgan fingerprint density at radius 2 is 1.75 bits per heavy atom. The zero-order chi connectivity index (χ0) is 20.9. The molecule has 0 saturated carbocycles. The van der Waals surface area contributed by atoms with Gasteiger partial charge < -0.3 is 19.6 Å². The summed E-state index contributed by atoms with van der Waals surface area (Å²) in [4.78, 5) is 31.3. The molecule has 0 radical (unpaired) electrons. The van der Waals surface area contributed by atoms with E-state index >= 15 is 0 Å². The number of carbonyl (C=O) groups is 2. The van der Waals surface area contributed by atoms with Gasteiger partial charge in [0.25, 0.3) is 5.91 Å². The number of rotatable bonds is 6. The van der Waals surface area contributed by atoms with E-state index in [0.717, 1.165) is 0 Å². The normalized spacial score (nSPS) is 22.2. The van der Waals surface area contributed by atoms with Crippen molar-refractivity contribution in [1.82, 2.24) is 19.6 Å². The van der Waals surface area contributed by atoms with Crippen LogP contribution < -0.4 is 0 Å². The van der Waals surface area contributed by atoms with E-state index in [9.17, 15) is 23.3 Å². The molecule has 2 heterocycles. The monoisotopic (exact) mass is 411 g/mol. The van der Waals surface area contributed by atoms with Gasteiger partial charge in [0, 0.05) is 58.4 Å². The molecular weight excluding hydrogens is 382 g/mol. The molecule has 0 aromatic heterocycles. The van der Waals surface area contributed by atoms with Gasteiger partial charge in [-0.2, -0.15) is 5.26 Å². The van der Waals surface area contributed by atoms with E-state index in [0.29, 0.717) is 45.7 Å². The molecule has 9 nitrogen and oxygen atoms in total. The van der Waals surface area contributed by atoms with Crippen LogP contribution in [0, 0.1) is 11.3 Å². The molecule has 0 aliphatic carbocycles. The van der Waals surface area contributed by atoms with Gasteiger partial charge in [0.05, 0.1) is 11.5 Å². The van der Waals surface area contributed by atoms with Crippen molar-refractivity contribution in [2.75, 3.05) is 64.9 Å². The number of hydrogen-bond donors (Lipinski definition) is 0. The topological polar surface area (TPSA) is 105 Å². The van der Waals surface area contributed by atoms with Gasteiger partial charge in [-0.25, -0.2) is 8.42 Å². The van der Waals surface area contributed by atoms with Gasteiger partial charge in [0.2, 0.25) is 5.91 Å². The van der Waals surface area contributed by atoms with E-state index in [1.807, 2.05) is 30.0 Å². The zero-order valence-corrected chi connectivity index (χ0v) is 17.6. The minimum atomic E-state index is -3.08. The highest BCUT2D eigenvalue weighted by atomic mass is 32.2. The van der Waals surface area contributed by atoms with E-state index in [-0.39, 0.29) is 34.9 Å². The Labute approximate surface area is 167 Å². The number of carbonyl (C=O) groups excluding carboxylic acids is 2. The molecule has 2 aliphatic heterocycles. The van der Waals surface area contributed by atoms with Crippen LogP contribution in [0.3, 0.4) is 0 Å². The lowest BCUT2D eigenvalue weighted by Gasteiger charge is -2.34. The maximum Gasteiger partial charge on any atom is 0.266 e. The van der Waals surface area contributed by atoms with Gasteiger partial charge >= 0.3 is 0 Å². The third-order valence-electron chi connectivity index (χ3n) is 5.14. The quantitative estimate of drug-likeness (QED) is 0.413. The van der Waals surface area contributed by atoms with Gasteiger partial charge in [0.1, 0.15) is 11.6 Å². The predicted octanol–water partition coefficient (Wildman–Crippen LogP) is -0.865. The fourth-order valence-corrected chi connectivity index (χ4v) is 5.14. The lowest BCUT2D eigenvalue weighted by atomic mass is 10.2. The van der Waals surface area contributed by atoms with E-state index in [4.69, 9.17) is 0 Å². The van der Waals surface area contributed by atoms with Crippen molar-refractivity contribution in [3.63, 3.8) is 0 Å². The summed E-state index contributed by atoms with van der Waals surface area (Å²) in [7, 11) is 0.753. The van der Waals surface area contributed by atoms with Crippen LogP contribution in [-0.4, -0.2) is 111 Å². The SMILES string of the molecule is CC(=O)N1CCN(C(=O)/C(C#N)=C\N(CCN(C)C)C2CCS(=O)(=O)C2)CC1. The molecule has 2 amide bonds. The van der Waals surface area contributed by atoms with E-state index in [1.54, 1.807) is 9.80 Å². The van der Waals surface area contributed by atoms with E-state index in [1.165, 1.54) is 13.1 Å². The molecule has 1 unspecified atom stereocenters. The zero-order valence-electron chi connectivity index (χ0n) is 16.8. The average Bonchev–Trinajstić information content (AvgIpc) is 3.01.